The van der Waals surface area contributed by atoms with E-state index in [1.807, 2.05) is 12.1 Å². The summed E-state index contributed by atoms with van der Waals surface area (Å²) in [5, 5.41) is 18.6. The maximum absolute atomic E-state index is 12.9. The summed E-state index contributed by atoms with van der Waals surface area (Å²) in [6, 6.07) is 15.7. The summed E-state index contributed by atoms with van der Waals surface area (Å²) in [6.45, 7) is 0.00123. The average Bonchev–Trinajstić information content (AvgIpc) is 2.73. The largest absolute Gasteiger partial charge is 0.394 e. The number of nitrogens with zero attached hydrogens (tertiary/aromatic N) is 3. The zero-order valence-electron chi connectivity index (χ0n) is 14.5. The van der Waals surface area contributed by atoms with Gasteiger partial charge in [0.05, 0.1) is 29.2 Å². The second-order valence-corrected chi connectivity index (χ2v) is 8.14. The summed E-state index contributed by atoms with van der Waals surface area (Å²) in [5.74, 6) is -0.231. The molecule has 7 nitrogen and oxygen atoms in total. The van der Waals surface area contributed by atoms with E-state index in [1.165, 1.54) is 33.5 Å². The number of hydrogen-bond acceptors (Lipinski definition) is 5. The molecule has 1 saturated heterocycles. The van der Waals surface area contributed by atoms with E-state index in [-0.39, 0.29) is 37.0 Å². The normalized spacial score (nSPS) is 18.1. The van der Waals surface area contributed by atoms with Crippen LogP contribution in [-0.4, -0.2) is 60.9 Å². The van der Waals surface area contributed by atoms with E-state index in [0.717, 1.165) is 0 Å². The third-order valence-electron chi connectivity index (χ3n) is 4.56. The molecule has 1 aliphatic heterocycles. The van der Waals surface area contributed by atoms with Gasteiger partial charge < -0.3 is 10.0 Å². The monoisotopic (exact) mass is 385 g/mol. The Morgan fingerprint density at radius 1 is 1.11 bits per heavy atom. The summed E-state index contributed by atoms with van der Waals surface area (Å²) in [4.78, 5) is 14.3. The first-order chi connectivity index (χ1) is 13.0. The van der Waals surface area contributed by atoms with Crippen LogP contribution in [0.3, 0.4) is 0 Å². The molecule has 8 heteroatoms. The molecule has 0 spiro atoms. The van der Waals surface area contributed by atoms with Crippen LogP contribution in [-0.2, 0) is 10.0 Å². The van der Waals surface area contributed by atoms with Gasteiger partial charge in [-0.1, -0.05) is 18.2 Å². The van der Waals surface area contributed by atoms with Gasteiger partial charge in [-0.25, -0.2) is 8.42 Å². The second-order valence-electron chi connectivity index (χ2n) is 6.20. The number of nitriles is 1. The third-order valence-corrected chi connectivity index (χ3v) is 6.44. The Hall–Kier alpha value is -2.73. The van der Waals surface area contributed by atoms with Gasteiger partial charge in [0.1, 0.15) is 0 Å². The SMILES string of the molecule is N#Cc1ccc(S(=O)(=O)N2CCN(C(=O)c3ccccc3)C(CO)C2)cc1. The number of piperazine rings is 1. The topological polar surface area (TPSA) is 102 Å². The molecule has 2 aromatic carbocycles. The lowest BCUT2D eigenvalue weighted by Gasteiger charge is -2.40. The van der Waals surface area contributed by atoms with Crippen LogP contribution < -0.4 is 0 Å². The van der Waals surface area contributed by atoms with Crippen LogP contribution in [0.1, 0.15) is 15.9 Å². The fraction of sp³-hybridized carbons (Fsp3) is 0.263. The molecule has 0 aromatic heterocycles. The van der Waals surface area contributed by atoms with Crippen LogP contribution in [0.5, 0.6) is 0 Å². The predicted molar refractivity (Wildman–Crippen MR) is 98.3 cm³/mol. The molecule has 1 unspecified atom stereocenters. The number of carbonyl (C=O) groups is 1. The zero-order valence-corrected chi connectivity index (χ0v) is 15.3. The molecule has 1 heterocycles. The molecule has 0 aliphatic carbocycles. The van der Waals surface area contributed by atoms with Crippen LogP contribution in [0, 0.1) is 11.3 Å². The molecule has 1 fully saturated rings. The maximum atomic E-state index is 12.9. The molecule has 1 amide bonds. The van der Waals surface area contributed by atoms with Crippen molar-refractivity contribution in [2.24, 2.45) is 0 Å². The summed E-state index contributed by atoms with van der Waals surface area (Å²) < 4.78 is 27.0. The molecular formula is C19H19N3O4S. The van der Waals surface area contributed by atoms with Crippen molar-refractivity contribution in [3.63, 3.8) is 0 Å². The van der Waals surface area contributed by atoms with Crippen LogP contribution in [0.25, 0.3) is 0 Å². The molecule has 3 rings (SSSR count). The first kappa shape index (κ1) is 19.0. The number of hydrogen-bond donors (Lipinski definition) is 1. The molecule has 1 N–H and O–H groups in total. The molecule has 2 aromatic rings. The quantitative estimate of drug-likeness (QED) is 0.848. The van der Waals surface area contributed by atoms with E-state index in [9.17, 15) is 18.3 Å². The molecule has 27 heavy (non-hydrogen) atoms. The minimum Gasteiger partial charge on any atom is -0.394 e. The van der Waals surface area contributed by atoms with E-state index in [2.05, 4.69) is 0 Å². The lowest BCUT2D eigenvalue weighted by Crippen LogP contribution is -2.57. The lowest BCUT2D eigenvalue weighted by molar-refractivity contribution is 0.0439. The summed E-state index contributed by atoms with van der Waals surface area (Å²) in [6.07, 6.45) is 0. The van der Waals surface area contributed by atoms with Gasteiger partial charge in [-0.05, 0) is 36.4 Å². The van der Waals surface area contributed by atoms with Crippen molar-refractivity contribution in [1.29, 1.82) is 5.26 Å². The maximum Gasteiger partial charge on any atom is 0.254 e. The van der Waals surface area contributed by atoms with Gasteiger partial charge in [-0.3, -0.25) is 4.79 Å². The highest BCUT2D eigenvalue weighted by molar-refractivity contribution is 7.89. The smallest absolute Gasteiger partial charge is 0.254 e. The first-order valence-electron chi connectivity index (χ1n) is 8.44. The van der Waals surface area contributed by atoms with Gasteiger partial charge >= 0.3 is 0 Å². The molecular weight excluding hydrogens is 366 g/mol. The van der Waals surface area contributed by atoms with Crippen LogP contribution in [0.2, 0.25) is 0 Å². The van der Waals surface area contributed by atoms with Crippen LogP contribution >= 0.6 is 0 Å². The number of sulfonamides is 1. The number of rotatable bonds is 4. The van der Waals surface area contributed by atoms with E-state index in [4.69, 9.17) is 5.26 Å². The van der Waals surface area contributed by atoms with Crippen LogP contribution in [0.15, 0.2) is 59.5 Å². The number of amides is 1. The van der Waals surface area contributed by atoms with Gasteiger partial charge in [0.15, 0.2) is 0 Å². The highest BCUT2D eigenvalue weighted by Gasteiger charge is 2.36. The Balaban J connectivity index is 1.79. The molecule has 0 saturated carbocycles. The Morgan fingerprint density at radius 3 is 2.37 bits per heavy atom. The molecule has 1 aliphatic rings. The van der Waals surface area contributed by atoms with Crippen LogP contribution in [0.4, 0.5) is 0 Å². The van der Waals surface area contributed by atoms with Crippen molar-refractivity contribution in [3.8, 4) is 6.07 Å². The number of aliphatic hydroxyl groups excluding tert-OH is 1. The summed E-state index contributed by atoms with van der Waals surface area (Å²) in [7, 11) is -3.77. The highest BCUT2D eigenvalue weighted by atomic mass is 32.2. The number of benzene rings is 2. The predicted octanol–water partition coefficient (Wildman–Crippen LogP) is 1.07. The van der Waals surface area contributed by atoms with Crippen molar-refractivity contribution >= 4 is 15.9 Å². The summed E-state index contributed by atoms with van der Waals surface area (Å²) in [5.41, 5.74) is 0.875. The number of aliphatic hydroxyl groups is 1. The Morgan fingerprint density at radius 2 is 1.78 bits per heavy atom. The van der Waals surface area contributed by atoms with Gasteiger partial charge in [0.2, 0.25) is 10.0 Å². The van der Waals surface area contributed by atoms with E-state index in [0.29, 0.717) is 11.1 Å². The van der Waals surface area contributed by atoms with Crippen molar-refractivity contribution in [2.45, 2.75) is 10.9 Å². The van der Waals surface area contributed by atoms with Crippen molar-refractivity contribution < 1.29 is 18.3 Å². The van der Waals surface area contributed by atoms with Gasteiger partial charge in [-0.15, -0.1) is 0 Å². The standard InChI is InChI=1S/C19H19N3O4S/c20-12-15-6-8-18(9-7-15)27(25,26)21-10-11-22(17(13-21)14-23)19(24)16-4-2-1-3-5-16/h1-9,17,23H,10-11,13-14H2. The van der Waals surface area contributed by atoms with E-state index >= 15 is 0 Å². The fourth-order valence-electron chi connectivity index (χ4n) is 3.07. The Bertz CT molecular complexity index is 953. The molecule has 1 atom stereocenters. The fourth-order valence-corrected chi connectivity index (χ4v) is 4.53. The summed E-state index contributed by atoms with van der Waals surface area (Å²) >= 11 is 0. The van der Waals surface area contributed by atoms with Crippen molar-refractivity contribution in [2.75, 3.05) is 26.2 Å². The van der Waals surface area contributed by atoms with Crippen molar-refractivity contribution in [1.82, 2.24) is 9.21 Å². The van der Waals surface area contributed by atoms with E-state index < -0.39 is 16.1 Å². The third kappa shape index (κ3) is 3.85. The minimum atomic E-state index is -3.77. The zero-order chi connectivity index (χ0) is 19.4. The molecule has 140 valence electrons. The molecule has 0 bridgehead atoms. The second kappa shape index (κ2) is 7.88. The molecule has 0 radical (unpaired) electrons. The highest BCUT2D eigenvalue weighted by Crippen LogP contribution is 2.22. The van der Waals surface area contributed by atoms with Gasteiger partial charge in [0, 0.05) is 25.2 Å². The lowest BCUT2D eigenvalue weighted by atomic mass is 10.1. The van der Waals surface area contributed by atoms with E-state index in [1.54, 1.807) is 24.3 Å². The van der Waals surface area contributed by atoms with Gasteiger partial charge in [0.25, 0.3) is 5.91 Å². The van der Waals surface area contributed by atoms with Gasteiger partial charge in [-0.2, -0.15) is 9.57 Å². The Labute approximate surface area is 158 Å². The first-order valence-corrected chi connectivity index (χ1v) is 9.88. The van der Waals surface area contributed by atoms with Crippen molar-refractivity contribution in [3.05, 3.63) is 65.7 Å². The number of carbonyl (C=O) groups excluding carboxylic acids is 1. The minimum absolute atomic E-state index is 0.0113. The average molecular weight is 385 g/mol. The Kier molecular flexibility index (Phi) is 5.56.